The van der Waals surface area contributed by atoms with E-state index in [1.165, 1.54) is 31.4 Å². The first-order valence-electron chi connectivity index (χ1n) is 6.51. The summed E-state index contributed by atoms with van der Waals surface area (Å²) in [4.78, 5) is 6.57. The maximum atomic E-state index is 5.81. The van der Waals surface area contributed by atoms with Crippen LogP contribution in [-0.2, 0) is 0 Å². The van der Waals surface area contributed by atoms with Gasteiger partial charge in [-0.2, -0.15) is 4.98 Å². The van der Waals surface area contributed by atoms with E-state index in [2.05, 4.69) is 21.0 Å². The minimum absolute atomic E-state index is 0.308. The number of nitrogens with zero attached hydrogens (tertiary/aromatic N) is 4. The van der Waals surface area contributed by atoms with Crippen LogP contribution in [0, 0.1) is 5.41 Å². The molecular weight excluding hydrogens is 248 g/mol. The Labute approximate surface area is 111 Å². The molecule has 5 heteroatoms. The molecule has 1 spiro atoms. The lowest BCUT2D eigenvalue weighted by Gasteiger charge is -2.33. The maximum Gasteiger partial charge on any atom is 0.243 e. The molecule has 1 aliphatic heterocycles. The molecule has 1 saturated carbocycles. The number of pyridine rings is 1. The first kappa shape index (κ1) is 10.6. The molecule has 2 aromatic heterocycles. The van der Waals surface area contributed by atoms with Crippen LogP contribution in [0.15, 0.2) is 18.3 Å². The first-order valence-corrected chi connectivity index (χ1v) is 6.89. The zero-order chi connectivity index (χ0) is 12.2. The fraction of sp³-hybridized carbons (Fsp3) is 0.538. The summed E-state index contributed by atoms with van der Waals surface area (Å²) in [5.41, 5.74) is 2.75. The average Bonchev–Trinajstić information content (AvgIpc) is 3.01. The van der Waals surface area contributed by atoms with Crippen molar-refractivity contribution in [3.8, 4) is 0 Å². The monoisotopic (exact) mass is 262 g/mol. The van der Waals surface area contributed by atoms with Gasteiger partial charge in [-0.15, -0.1) is 5.10 Å². The van der Waals surface area contributed by atoms with Gasteiger partial charge in [-0.1, -0.05) is 0 Å². The Balaban J connectivity index is 1.61. The summed E-state index contributed by atoms with van der Waals surface area (Å²) in [6.45, 7) is 2.32. The van der Waals surface area contributed by atoms with Crippen LogP contribution in [0.25, 0.3) is 5.65 Å². The number of piperidine rings is 1. The second kappa shape index (κ2) is 3.60. The summed E-state index contributed by atoms with van der Waals surface area (Å²) in [5, 5.41) is 4.46. The van der Waals surface area contributed by atoms with Crippen molar-refractivity contribution in [3.05, 3.63) is 23.6 Å². The molecule has 0 amide bonds. The van der Waals surface area contributed by atoms with E-state index in [1.54, 1.807) is 4.52 Å². The van der Waals surface area contributed by atoms with Crippen molar-refractivity contribution in [2.45, 2.75) is 25.7 Å². The largest absolute Gasteiger partial charge is 0.370 e. The van der Waals surface area contributed by atoms with Crippen LogP contribution in [0.5, 0.6) is 0 Å². The fourth-order valence-electron chi connectivity index (χ4n) is 2.95. The summed E-state index contributed by atoms with van der Waals surface area (Å²) in [6, 6.07) is 4.10. The highest BCUT2D eigenvalue weighted by molar-refractivity contribution is 6.28. The fourth-order valence-corrected chi connectivity index (χ4v) is 3.12. The van der Waals surface area contributed by atoms with Gasteiger partial charge in [0.05, 0.1) is 11.9 Å². The third kappa shape index (κ3) is 1.67. The minimum Gasteiger partial charge on any atom is -0.370 e. The highest BCUT2D eigenvalue weighted by Gasteiger charge is 2.44. The molecule has 0 radical (unpaired) electrons. The van der Waals surface area contributed by atoms with Crippen LogP contribution in [0.2, 0.25) is 5.28 Å². The van der Waals surface area contributed by atoms with Crippen molar-refractivity contribution in [2.24, 2.45) is 5.41 Å². The van der Waals surface area contributed by atoms with Gasteiger partial charge in [-0.3, -0.25) is 0 Å². The highest BCUT2D eigenvalue weighted by atomic mass is 35.5. The molecule has 0 aromatic carbocycles. The van der Waals surface area contributed by atoms with Gasteiger partial charge in [-0.05, 0) is 54.8 Å². The van der Waals surface area contributed by atoms with Crippen molar-refractivity contribution in [2.75, 3.05) is 18.0 Å². The molecule has 0 atom stereocenters. The van der Waals surface area contributed by atoms with Gasteiger partial charge in [0.1, 0.15) is 0 Å². The number of hydrogen-bond donors (Lipinski definition) is 0. The number of fused-ring (bicyclic) bond motifs is 1. The normalized spacial score (nSPS) is 21.7. The number of halogens is 1. The van der Waals surface area contributed by atoms with Crippen molar-refractivity contribution in [1.29, 1.82) is 0 Å². The molecule has 2 fully saturated rings. The predicted molar refractivity (Wildman–Crippen MR) is 71.1 cm³/mol. The predicted octanol–water partition coefficient (Wildman–Crippen LogP) is 2.76. The van der Waals surface area contributed by atoms with Crippen molar-refractivity contribution in [3.63, 3.8) is 0 Å². The zero-order valence-corrected chi connectivity index (χ0v) is 10.9. The summed E-state index contributed by atoms with van der Waals surface area (Å²) >= 11 is 5.81. The van der Waals surface area contributed by atoms with Crippen LogP contribution >= 0.6 is 11.6 Å². The van der Waals surface area contributed by atoms with Crippen LogP contribution in [-0.4, -0.2) is 27.7 Å². The number of hydrogen-bond acceptors (Lipinski definition) is 3. The van der Waals surface area contributed by atoms with E-state index < -0.39 is 0 Å². The first-order chi connectivity index (χ1) is 8.74. The summed E-state index contributed by atoms with van der Waals surface area (Å²) in [7, 11) is 0. The third-order valence-electron chi connectivity index (χ3n) is 4.44. The molecule has 4 nitrogen and oxygen atoms in total. The Morgan fingerprint density at radius 2 is 1.89 bits per heavy atom. The zero-order valence-electron chi connectivity index (χ0n) is 10.1. The van der Waals surface area contributed by atoms with Crippen molar-refractivity contribution >= 4 is 22.9 Å². The van der Waals surface area contributed by atoms with E-state index in [4.69, 9.17) is 11.6 Å². The van der Waals surface area contributed by atoms with Crippen molar-refractivity contribution < 1.29 is 0 Å². The molecule has 94 valence electrons. The maximum absolute atomic E-state index is 5.81. The number of aromatic nitrogens is 3. The topological polar surface area (TPSA) is 33.4 Å². The van der Waals surface area contributed by atoms with Gasteiger partial charge in [0, 0.05) is 13.1 Å². The molecule has 0 N–H and O–H groups in total. The molecule has 2 aliphatic rings. The molecule has 4 rings (SSSR count). The van der Waals surface area contributed by atoms with E-state index in [0.29, 0.717) is 5.28 Å². The van der Waals surface area contributed by atoms with Crippen LogP contribution in [0.4, 0.5) is 5.69 Å². The molecular formula is C13H15ClN4. The number of anilines is 1. The lowest BCUT2D eigenvalue weighted by molar-refractivity contribution is 0.384. The smallest absolute Gasteiger partial charge is 0.243 e. The second-order valence-corrected chi connectivity index (χ2v) is 5.90. The summed E-state index contributed by atoms with van der Waals surface area (Å²) in [5.74, 6) is 0. The third-order valence-corrected chi connectivity index (χ3v) is 4.60. The van der Waals surface area contributed by atoms with Gasteiger partial charge in [0.15, 0.2) is 5.65 Å². The van der Waals surface area contributed by atoms with E-state index in [9.17, 15) is 0 Å². The lowest BCUT2D eigenvalue weighted by atomic mass is 9.93. The Hall–Kier alpha value is -1.29. The number of rotatable bonds is 1. The van der Waals surface area contributed by atoms with Gasteiger partial charge in [-0.25, -0.2) is 4.52 Å². The lowest BCUT2D eigenvalue weighted by Crippen LogP contribution is -2.34. The SMILES string of the molecule is Clc1nc2ccc(N3CCC4(CC3)CC4)cn2n1. The van der Waals surface area contributed by atoms with Crippen LogP contribution in [0.1, 0.15) is 25.7 Å². The van der Waals surface area contributed by atoms with E-state index in [1.807, 2.05) is 12.3 Å². The van der Waals surface area contributed by atoms with Crippen LogP contribution < -0.4 is 4.90 Å². The minimum atomic E-state index is 0.308. The Bertz CT molecular complexity index is 592. The van der Waals surface area contributed by atoms with Gasteiger partial charge >= 0.3 is 0 Å². The Morgan fingerprint density at radius 3 is 2.61 bits per heavy atom. The average molecular weight is 263 g/mol. The molecule has 1 aliphatic carbocycles. The molecule has 1 saturated heterocycles. The Morgan fingerprint density at radius 1 is 1.11 bits per heavy atom. The molecule has 3 heterocycles. The molecule has 18 heavy (non-hydrogen) atoms. The van der Waals surface area contributed by atoms with E-state index in [0.717, 1.165) is 24.2 Å². The van der Waals surface area contributed by atoms with E-state index in [-0.39, 0.29) is 0 Å². The molecule has 0 bridgehead atoms. The highest BCUT2D eigenvalue weighted by Crippen LogP contribution is 2.53. The van der Waals surface area contributed by atoms with Crippen molar-refractivity contribution in [1.82, 2.24) is 14.6 Å². The quantitative estimate of drug-likeness (QED) is 0.792. The van der Waals surface area contributed by atoms with Gasteiger partial charge < -0.3 is 4.90 Å². The van der Waals surface area contributed by atoms with Gasteiger partial charge in [0.2, 0.25) is 5.28 Å². The Kier molecular flexibility index (Phi) is 2.13. The molecule has 0 unspecified atom stereocenters. The summed E-state index contributed by atoms with van der Waals surface area (Å²) < 4.78 is 1.76. The second-order valence-electron chi connectivity index (χ2n) is 5.56. The summed E-state index contributed by atoms with van der Waals surface area (Å²) in [6.07, 6.45) is 7.59. The standard InChI is InChI=1S/C13H15ClN4/c14-12-15-11-2-1-10(9-18(11)16-12)17-7-5-13(3-4-13)6-8-17/h1-2,9H,3-8H2. The molecule has 2 aromatic rings. The van der Waals surface area contributed by atoms with E-state index >= 15 is 0 Å². The van der Waals surface area contributed by atoms with Crippen LogP contribution in [0.3, 0.4) is 0 Å². The van der Waals surface area contributed by atoms with Gasteiger partial charge in [0.25, 0.3) is 0 Å².